The number of hydrogen-bond donors (Lipinski definition) is 1. The molecule has 0 aliphatic carbocycles. The van der Waals surface area contributed by atoms with Crippen LogP contribution in [0.4, 0.5) is 5.95 Å². The molecule has 0 aliphatic rings. The molecule has 0 spiro atoms. The van der Waals surface area contributed by atoms with Crippen LogP contribution in [-0.4, -0.2) is 36.8 Å². The van der Waals surface area contributed by atoms with Crippen molar-refractivity contribution >= 4 is 22.9 Å². The fourth-order valence-corrected chi connectivity index (χ4v) is 3.21. The third-order valence-electron chi connectivity index (χ3n) is 4.44. The van der Waals surface area contributed by atoms with E-state index in [0.717, 1.165) is 29.6 Å². The first-order valence-corrected chi connectivity index (χ1v) is 9.15. The molecule has 2 aromatic carbocycles. The number of nitrogens with zero attached hydrogens (tertiary/aromatic N) is 2. The van der Waals surface area contributed by atoms with Gasteiger partial charge in [0.15, 0.2) is 11.5 Å². The molecule has 3 rings (SSSR count). The van der Waals surface area contributed by atoms with Crippen molar-refractivity contribution in [2.75, 3.05) is 26.6 Å². The monoisotopic (exact) mass is 383 g/mol. The van der Waals surface area contributed by atoms with Gasteiger partial charge in [0.25, 0.3) is 0 Å². The van der Waals surface area contributed by atoms with Crippen molar-refractivity contribution in [2.24, 2.45) is 0 Å². The summed E-state index contributed by atoms with van der Waals surface area (Å²) in [6.07, 6.45) is 1.10. The Bertz CT molecular complexity index is 956. The van der Waals surface area contributed by atoms with Crippen molar-refractivity contribution in [1.29, 1.82) is 0 Å². The minimum Gasteiger partial charge on any atom is -0.493 e. The Balaban J connectivity index is 1.85. The van der Waals surface area contributed by atoms with Gasteiger partial charge < -0.3 is 18.8 Å². The molecule has 1 aromatic heterocycles. The van der Waals surface area contributed by atoms with E-state index in [2.05, 4.69) is 17.2 Å². The van der Waals surface area contributed by atoms with Crippen LogP contribution in [0, 0.1) is 0 Å². The standard InChI is InChI=1S/C21H25N3O4/c1-5-10-24-16-9-7-6-8-15(16)22-21(24)23-19(25)13-14-11-17(26-2)20(28-4)18(12-14)27-3/h6-9,11-12H,5,10,13H2,1-4H3,(H,22,23,25). The molecule has 3 aromatic rings. The molecule has 0 radical (unpaired) electrons. The molecular weight excluding hydrogens is 358 g/mol. The topological polar surface area (TPSA) is 74.6 Å². The maximum atomic E-state index is 12.7. The number of methoxy groups -OCH3 is 3. The van der Waals surface area contributed by atoms with E-state index in [-0.39, 0.29) is 12.3 Å². The van der Waals surface area contributed by atoms with E-state index >= 15 is 0 Å². The number of ether oxygens (including phenoxy) is 3. The fourth-order valence-electron chi connectivity index (χ4n) is 3.21. The lowest BCUT2D eigenvalue weighted by Gasteiger charge is -2.14. The second-order valence-electron chi connectivity index (χ2n) is 6.33. The van der Waals surface area contributed by atoms with Crippen LogP contribution in [0.1, 0.15) is 18.9 Å². The van der Waals surface area contributed by atoms with Gasteiger partial charge in [0.2, 0.25) is 17.6 Å². The summed E-state index contributed by atoms with van der Waals surface area (Å²) in [5.41, 5.74) is 2.62. The van der Waals surface area contributed by atoms with Crippen LogP contribution in [0.5, 0.6) is 17.2 Å². The second-order valence-corrected chi connectivity index (χ2v) is 6.33. The van der Waals surface area contributed by atoms with Crippen molar-refractivity contribution in [3.63, 3.8) is 0 Å². The molecule has 0 aliphatic heterocycles. The summed E-state index contributed by atoms with van der Waals surface area (Å²) in [5, 5.41) is 2.94. The van der Waals surface area contributed by atoms with E-state index in [9.17, 15) is 4.79 Å². The SMILES string of the molecule is CCCn1c(NC(=O)Cc2cc(OC)c(OC)c(OC)c2)nc2ccccc21. The highest BCUT2D eigenvalue weighted by atomic mass is 16.5. The number of para-hydroxylation sites is 2. The highest BCUT2D eigenvalue weighted by molar-refractivity contribution is 5.93. The maximum absolute atomic E-state index is 12.7. The Morgan fingerprint density at radius 1 is 1.07 bits per heavy atom. The number of imidazole rings is 1. The Morgan fingerprint density at radius 3 is 2.36 bits per heavy atom. The number of amides is 1. The van der Waals surface area contributed by atoms with Crippen LogP contribution in [-0.2, 0) is 17.8 Å². The van der Waals surface area contributed by atoms with E-state index in [1.165, 1.54) is 0 Å². The number of aryl methyl sites for hydroxylation is 1. The van der Waals surface area contributed by atoms with E-state index in [4.69, 9.17) is 14.2 Å². The molecule has 0 saturated carbocycles. The van der Waals surface area contributed by atoms with Gasteiger partial charge in [-0.3, -0.25) is 10.1 Å². The van der Waals surface area contributed by atoms with E-state index in [1.54, 1.807) is 33.5 Å². The van der Waals surface area contributed by atoms with Gasteiger partial charge in [-0.2, -0.15) is 0 Å². The zero-order chi connectivity index (χ0) is 20.1. The molecule has 28 heavy (non-hydrogen) atoms. The van der Waals surface area contributed by atoms with Crippen LogP contribution in [0.25, 0.3) is 11.0 Å². The third-order valence-corrected chi connectivity index (χ3v) is 4.44. The first-order valence-electron chi connectivity index (χ1n) is 9.15. The number of nitrogens with one attached hydrogen (secondary N) is 1. The lowest BCUT2D eigenvalue weighted by Crippen LogP contribution is -2.18. The predicted octanol–water partition coefficient (Wildman–Crippen LogP) is 3.65. The number of carbonyl (C=O) groups excluding carboxylic acids is 1. The number of anilines is 1. The number of carbonyl (C=O) groups is 1. The molecule has 7 nitrogen and oxygen atoms in total. The highest BCUT2D eigenvalue weighted by Gasteiger charge is 2.17. The van der Waals surface area contributed by atoms with Gasteiger partial charge in [-0.15, -0.1) is 0 Å². The van der Waals surface area contributed by atoms with Crippen LogP contribution >= 0.6 is 0 Å². The molecule has 7 heteroatoms. The molecule has 0 fully saturated rings. The molecule has 1 amide bonds. The summed E-state index contributed by atoms with van der Waals surface area (Å²) in [5.74, 6) is 1.92. The number of aromatic nitrogens is 2. The van der Waals surface area contributed by atoms with Crippen LogP contribution in [0.3, 0.4) is 0 Å². The minimum absolute atomic E-state index is 0.159. The van der Waals surface area contributed by atoms with Gasteiger partial charge >= 0.3 is 0 Å². The first kappa shape index (κ1) is 19.5. The van der Waals surface area contributed by atoms with Gasteiger partial charge in [-0.1, -0.05) is 19.1 Å². The average molecular weight is 383 g/mol. The second kappa shape index (κ2) is 8.65. The summed E-state index contributed by atoms with van der Waals surface area (Å²) in [6, 6.07) is 11.4. The summed E-state index contributed by atoms with van der Waals surface area (Å²) >= 11 is 0. The third kappa shape index (κ3) is 3.88. The smallest absolute Gasteiger partial charge is 0.231 e. The molecular formula is C21H25N3O4. The van der Waals surface area contributed by atoms with Gasteiger partial charge in [-0.25, -0.2) is 4.98 Å². The lowest BCUT2D eigenvalue weighted by molar-refractivity contribution is -0.115. The molecule has 1 N–H and O–H groups in total. The largest absolute Gasteiger partial charge is 0.493 e. The zero-order valence-electron chi connectivity index (χ0n) is 16.6. The summed E-state index contributed by atoms with van der Waals surface area (Å²) in [4.78, 5) is 17.3. The van der Waals surface area contributed by atoms with Gasteiger partial charge in [-0.05, 0) is 36.2 Å². The van der Waals surface area contributed by atoms with Crippen molar-refractivity contribution in [3.8, 4) is 17.2 Å². The normalized spacial score (nSPS) is 10.7. The average Bonchev–Trinajstić information content (AvgIpc) is 3.04. The fraction of sp³-hybridized carbons (Fsp3) is 0.333. The van der Waals surface area contributed by atoms with Crippen molar-refractivity contribution in [2.45, 2.75) is 26.3 Å². The van der Waals surface area contributed by atoms with Crippen molar-refractivity contribution < 1.29 is 19.0 Å². The Labute approximate surface area is 164 Å². The number of fused-ring (bicyclic) bond motifs is 1. The molecule has 0 saturated heterocycles. The Hall–Kier alpha value is -3.22. The van der Waals surface area contributed by atoms with Crippen molar-refractivity contribution in [1.82, 2.24) is 9.55 Å². The van der Waals surface area contributed by atoms with Crippen LogP contribution in [0.15, 0.2) is 36.4 Å². The summed E-state index contributed by atoms with van der Waals surface area (Å²) < 4.78 is 18.1. The number of hydrogen-bond acceptors (Lipinski definition) is 5. The number of rotatable bonds is 8. The summed E-state index contributed by atoms with van der Waals surface area (Å²) in [7, 11) is 4.65. The van der Waals surface area contributed by atoms with Gasteiger partial charge in [0.05, 0.1) is 38.8 Å². The van der Waals surface area contributed by atoms with Crippen molar-refractivity contribution in [3.05, 3.63) is 42.0 Å². The van der Waals surface area contributed by atoms with Crippen LogP contribution < -0.4 is 19.5 Å². The van der Waals surface area contributed by atoms with E-state index in [1.807, 2.05) is 28.8 Å². The quantitative estimate of drug-likeness (QED) is 0.643. The highest BCUT2D eigenvalue weighted by Crippen LogP contribution is 2.38. The Kier molecular flexibility index (Phi) is 6.03. The van der Waals surface area contributed by atoms with Gasteiger partial charge in [0.1, 0.15) is 0 Å². The molecule has 0 unspecified atom stereocenters. The van der Waals surface area contributed by atoms with Crippen LogP contribution in [0.2, 0.25) is 0 Å². The van der Waals surface area contributed by atoms with Gasteiger partial charge in [0, 0.05) is 6.54 Å². The molecule has 0 bridgehead atoms. The molecule has 0 atom stereocenters. The maximum Gasteiger partial charge on any atom is 0.231 e. The molecule has 148 valence electrons. The molecule has 1 heterocycles. The summed E-state index contributed by atoms with van der Waals surface area (Å²) in [6.45, 7) is 2.87. The van der Waals surface area contributed by atoms with E-state index in [0.29, 0.717) is 23.2 Å². The minimum atomic E-state index is -0.165. The predicted molar refractivity (Wildman–Crippen MR) is 108 cm³/mol. The number of benzene rings is 2. The van der Waals surface area contributed by atoms with E-state index < -0.39 is 0 Å². The lowest BCUT2D eigenvalue weighted by atomic mass is 10.1. The first-order chi connectivity index (χ1) is 13.6. The Morgan fingerprint density at radius 2 is 1.75 bits per heavy atom. The zero-order valence-corrected chi connectivity index (χ0v) is 16.6.